The Bertz CT molecular complexity index is 1060. The van der Waals surface area contributed by atoms with Crippen molar-refractivity contribution in [1.82, 2.24) is 0 Å². The summed E-state index contributed by atoms with van der Waals surface area (Å²) < 4.78 is 5.28. The Kier molecular flexibility index (Phi) is 8.39. The van der Waals surface area contributed by atoms with Crippen molar-refractivity contribution in [2.24, 2.45) is 0 Å². The van der Waals surface area contributed by atoms with Gasteiger partial charge < -0.3 is 15.4 Å². The molecule has 0 fully saturated rings. The number of esters is 1. The van der Waals surface area contributed by atoms with Crippen molar-refractivity contribution in [2.45, 2.75) is 19.0 Å². The second-order valence-electron chi connectivity index (χ2n) is 6.88. The average Bonchev–Trinajstić information content (AvgIpc) is 2.79. The summed E-state index contributed by atoms with van der Waals surface area (Å²) in [5, 5.41) is 7.89. The molecule has 0 spiro atoms. The summed E-state index contributed by atoms with van der Waals surface area (Å²) in [6.07, 6.45) is 0. The van der Waals surface area contributed by atoms with Gasteiger partial charge in [0.05, 0.1) is 6.61 Å². The number of hydrogen-bond acceptors (Lipinski definition) is 5. The molecule has 0 saturated carbocycles. The van der Waals surface area contributed by atoms with E-state index in [4.69, 9.17) is 39.5 Å². The third-order valence-corrected chi connectivity index (χ3v) is 5.37. The van der Waals surface area contributed by atoms with Crippen LogP contribution < -0.4 is 10.6 Å². The molecule has 2 N–H and O–H groups in total. The lowest BCUT2D eigenvalue weighted by Crippen LogP contribution is -2.50. The molecule has 0 radical (unpaired) electrons. The van der Waals surface area contributed by atoms with Crippen LogP contribution in [0.3, 0.4) is 0 Å². The van der Waals surface area contributed by atoms with Crippen LogP contribution in [0.1, 0.15) is 17.3 Å². The third kappa shape index (κ3) is 6.39. The first-order valence-electron chi connectivity index (χ1n) is 9.88. The van der Waals surface area contributed by atoms with Gasteiger partial charge in [-0.15, -0.1) is 0 Å². The number of hydrogen-bond donors (Lipinski definition) is 2. The van der Waals surface area contributed by atoms with Gasteiger partial charge in [-0.1, -0.05) is 34.8 Å². The molecule has 8 heteroatoms. The fraction of sp³-hybridized carbons (Fsp3) is 0.167. The lowest BCUT2D eigenvalue weighted by molar-refractivity contribution is -0.144. The molecule has 0 amide bonds. The number of Topliss-reactive ketones (excluding diaryl/α,β-unsaturated/α-hetero) is 1. The molecule has 0 aliphatic carbocycles. The van der Waals surface area contributed by atoms with Crippen LogP contribution in [0, 0.1) is 0 Å². The molecule has 0 saturated heterocycles. The summed E-state index contributed by atoms with van der Waals surface area (Å²) >= 11 is 17.9. The standard InChI is InChI=1S/C24H21Cl3N2O3/c1-2-32-24(31)22(29-20-13-9-18(27)10-14-20)21(28-19-11-7-17(26)8-12-19)23(30)15-3-5-16(25)6-4-15/h3-14,21-22,28-29H,2H2,1H3/t21?,22-/m1/s1. The van der Waals surface area contributed by atoms with Crippen molar-refractivity contribution in [2.75, 3.05) is 17.2 Å². The zero-order valence-corrected chi connectivity index (χ0v) is 19.4. The van der Waals surface area contributed by atoms with Crippen LogP contribution in [0.2, 0.25) is 15.1 Å². The predicted molar refractivity (Wildman–Crippen MR) is 130 cm³/mol. The zero-order chi connectivity index (χ0) is 23.1. The quantitative estimate of drug-likeness (QED) is 0.269. The van der Waals surface area contributed by atoms with E-state index >= 15 is 0 Å². The molecule has 0 bridgehead atoms. The SMILES string of the molecule is CCOC(=O)[C@H](Nc1ccc(Cl)cc1)C(Nc1ccc(Cl)cc1)C(=O)c1ccc(Cl)cc1. The maximum Gasteiger partial charge on any atom is 0.331 e. The maximum absolute atomic E-state index is 13.5. The Morgan fingerprint density at radius 3 is 1.56 bits per heavy atom. The number of ether oxygens (including phenoxy) is 1. The number of carbonyl (C=O) groups is 2. The summed E-state index contributed by atoms with van der Waals surface area (Å²) in [5.74, 6) is -0.882. The van der Waals surface area contributed by atoms with Crippen molar-refractivity contribution in [3.05, 3.63) is 93.4 Å². The van der Waals surface area contributed by atoms with Gasteiger partial charge >= 0.3 is 5.97 Å². The summed E-state index contributed by atoms with van der Waals surface area (Å²) in [4.78, 5) is 26.5. The fourth-order valence-electron chi connectivity index (χ4n) is 3.06. The highest BCUT2D eigenvalue weighted by Crippen LogP contribution is 2.22. The van der Waals surface area contributed by atoms with Gasteiger partial charge in [0.2, 0.25) is 0 Å². The molecule has 0 aliphatic heterocycles. The van der Waals surface area contributed by atoms with Crippen LogP contribution in [-0.2, 0) is 9.53 Å². The van der Waals surface area contributed by atoms with Crippen molar-refractivity contribution in [3.8, 4) is 0 Å². The van der Waals surface area contributed by atoms with Crippen molar-refractivity contribution in [1.29, 1.82) is 0 Å². The Hall–Kier alpha value is -2.73. The molecule has 166 valence electrons. The van der Waals surface area contributed by atoms with Gasteiger partial charge in [-0.25, -0.2) is 4.79 Å². The van der Waals surface area contributed by atoms with Crippen LogP contribution in [-0.4, -0.2) is 30.4 Å². The molecule has 0 heterocycles. The number of benzene rings is 3. The number of rotatable bonds is 9. The lowest BCUT2D eigenvalue weighted by atomic mass is 9.96. The van der Waals surface area contributed by atoms with Gasteiger partial charge in [-0.3, -0.25) is 4.79 Å². The van der Waals surface area contributed by atoms with E-state index in [1.54, 1.807) is 79.7 Å². The number of ketones is 1. The monoisotopic (exact) mass is 490 g/mol. The molecular formula is C24H21Cl3N2O3. The number of halogens is 3. The van der Waals surface area contributed by atoms with Gasteiger partial charge in [-0.05, 0) is 79.7 Å². The molecule has 0 aromatic heterocycles. The van der Waals surface area contributed by atoms with E-state index in [0.29, 0.717) is 32.0 Å². The van der Waals surface area contributed by atoms with E-state index < -0.39 is 18.1 Å². The Morgan fingerprint density at radius 1 is 0.719 bits per heavy atom. The highest BCUT2D eigenvalue weighted by atomic mass is 35.5. The molecule has 1 unspecified atom stereocenters. The van der Waals surface area contributed by atoms with E-state index in [9.17, 15) is 9.59 Å². The van der Waals surface area contributed by atoms with Crippen LogP contribution in [0.5, 0.6) is 0 Å². The molecule has 3 rings (SSSR count). The van der Waals surface area contributed by atoms with E-state index in [2.05, 4.69) is 10.6 Å². The average molecular weight is 492 g/mol. The first kappa shape index (κ1) is 23.9. The van der Waals surface area contributed by atoms with Crippen LogP contribution >= 0.6 is 34.8 Å². The van der Waals surface area contributed by atoms with Crippen LogP contribution in [0.4, 0.5) is 11.4 Å². The van der Waals surface area contributed by atoms with E-state index in [1.807, 2.05) is 0 Å². The molecule has 3 aromatic rings. The number of nitrogens with one attached hydrogen (secondary N) is 2. The highest BCUT2D eigenvalue weighted by Gasteiger charge is 2.35. The molecule has 2 atom stereocenters. The van der Waals surface area contributed by atoms with Crippen molar-refractivity contribution in [3.63, 3.8) is 0 Å². The second kappa shape index (κ2) is 11.2. The first-order valence-corrected chi connectivity index (χ1v) is 11.0. The Balaban J connectivity index is 2.00. The normalized spacial score (nSPS) is 12.5. The van der Waals surface area contributed by atoms with Crippen molar-refractivity contribution >= 4 is 57.9 Å². The third-order valence-electron chi connectivity index (χ3n) is 4.62. The minimum Gasteiger partial charge on any atom is -0.464 e. The van der Waals surface area contributed by atoms with E-state index in [0.717, 1.165) is 0 Å². The summed E-state index contributed by atoms with van der Waals surface area (Å²) in [5.41, 5.74) is 1.63. The highest BCUT2D eigenvalue weighted by molar-refractivity contribution is 6.31. The number of anilines is 2. The van der Waals surface area contributed by atoms with Gasteiger partial charge in [0.25, 0.3) is 0 Å². The molecule has 0 aliphatic rings. The van der Waals surface area contributed by atoms with Crippen LogP contribution in [0.15, 0.2) is 72.8 Å². The second-order valence-corrected chi connectivity index (χ2v) is 8.19. The zero-order valence-electron chi connectivity index (χ0n) is 17.1. The van der Waals surface area contributed by atoms with Crippen LogP contribution in [0.25, 0.3) is 0 Å². The van der Waals surface area contributed by atoms with Crippen molar-refractivity contribution < 1.29 is 14.3 Å². The number of carbonyl (C=O) groups excluding carboxylic acids is 2. The minimum absolute atomic E-state index is 0.167. The van der Waals surface area contributed by atoms with Gasteiger partial charge in [0.15, 0.2) is 11.8 Å². The molecule has 5 nitrogen and oxygen atoms in total. The van der Waals surface area contributed by atoms with E-state index in [-0.39, 0.29) is 12.4 Å². The summed E-state index contributed by atoms with van der Waals surface area (Å²) in [7, 11) is 0. The summed E-state index contributed by atoms with van der Waals surface area (Å²) in [6.45, 7) is 1.88. The minimum atomic E-state index is -1.03. The van der Waals surface area contributed by atoms with Gasteiger partial charge in [0.1, 0.15) is 6.04 Å². The topological polar surface area (TPSA) is 67.4 Å². The predicted octanol–water partition coefficient (Wildman–Crippen LogP) is 6.35. The Labute approximate surface area is 201 Å². The molecule has 32 heavy (non-hydrogen) atoms. The first-order chi connectivity index (χ1) is 15.4. The Morgan fingerprint density at radius 2 is 1.12 bits per heavy atom. The van der Waals surface area contributed by atoms with E-state index in [1.165, 1.54) is 0 Å². The molecule has 3 aromatic carbocycles. The fourth-order valence-corrected chi connectivity index (χ4v) is 3.43. The van der Waals surface area contributed by atoms with Gasteiger partial charge in [-0.2, -0.15) is 0 Å². The summed E-state index contributed by atoms with van der Waals surface area (Å²) in [6, 6.07) is 18.1. The lowest BCUT2D eigenvalue weighted by Gasteiger charge is -2.28. The largest absolute Gasteiger partial charge is 0.464 e. The smallest absolute Gasteiger partial charge is 0.331 e. The maximum atomic E-state index is 13.5. The molecular weight excluding hydrogens is 471 g/mol. The van der Waals surface area contributed by atoms with Gasteiger partial charge in [0, 0.05) is 32.0 Å².